The smallest absolute Gasteiger partial charge is 0.269 e. The van der Waals surface area contributed by atoms with E-state index in [1.807, 2.05) is 24.3 Å². The number of carbonyl (C=O) groups is 1. The highest BCUT2D eigenvalue weighted by atomic mass is 16.5. The van der Waals surface area contributed by atoms with Crippen LogP contribution >= 0.6 is 0 Å². The molecule has 0 radical (unpaired) electrons. The third-order valence-corrected chi connectivity index (χ3v) is 6.14. The molecule has 150 valence electrons. The van der Waals surface area contributed by atoms with E-state index < -0.39 is 0 Å². The normalized spacial score (nSPS) is 20.1. The Balaban J connectivity index is 1.47. The van der Waals surface area contributed by atoms with Gasteiger partial charge in [0.15, 0.2) is 0 Å². The molecule has 7 heteroatoms. The predicted molar refractivity (Wildman–Crippen MR) is 107 cm³/mol. The third-order valence-electron chi connectivity index (χ3n) is 6.14. The minimum absolute atomic E-state index is 0.0149. The Hall–Kier alpha value is -2.25. The Bertz CT molecular complexity index is 883. The molecule has 28 heavy (non-hydrogen) atoms. The van der Waals surface area contributed by atoms with E-state index in [4.69, 9.17) is 4.74 Å². The van der Waals surface area contributed by atoms with Gasteiger partial charge in [-0.15, -0.1) is 0 Å². The van der Waals surface area contributed by atoms with Crippen LogP contribution in [-0.2, 0) is 16.1 Å². The Morgan fingerprint density at radius 3 is 2.68 bits per heavy atom. The van der Waals surface area contributed by atoms with Gasteiger partial charge in [-0.2, -0.15) is 0 Å². The van der Waals surface area contributed by atoms with Gasteiger partial charge in [0.2, 0.25) is 5.91 Å². The van der Waals surface area contributed by atoms with Crippen LogP contribution in [0.1, 0.15) is 32.1 Å². The molecule has 1 aliphatic heterocycles. The summed E-state index contributed by atoms with van der Waals surface area (Å²) in [5.41, 5.74) is 1.16. The maximum Gasteiger partial charge on any atom is 0.269 e. The van der Waals surface area contributed by atoms with Crippen molar-refractivity contribution in [2.45, 2.75) is 44.2 Å². The lowest BCUT2D eigenvalue weighted by Crippen LogP contribution is -2.59. The Morgan fingerprint density at radius 2 is 1.89 bits per heavy atom. The number of nitrogens with one attached hydrogen (secondary N) is 1. The number of rotatable bonds is 5. The van der Waals surface area contributed by atoms with E-state index in [9.17, 15) is 9.59 Å². The number of carbonyl (C=O) groups excluding carboxylic acids is 1. The number of benzene rings is 1. The van der Waals surface area contributed by atoms with Gasteiger partial charge in [0, 0.05) is 25.2 Å². The lowest BCUT2D eigenvalue weighted by Gasteiger charge is -2.48. The third kappa shape index (κ3) is 3.95. The van der Waals surface area contributed by atoms with Crippen LogP contribution in [0.25, 0.3) is 11.0 Å². The first-order valence-corrected chi connectivity index (χ1v) is 10.2. The quantitative estimate of drug-likeness (QED) is 0.846. The molecule has 0 atom stereocenters. The van der Waals surface area contributed by atoms with E-state index >= 15 is 0 Å². The molecule has 2 aliphatic rings. The standard InChI is InChI=1S/C21H28N4O3/c26-19(15-25-18-7-3-2-6-17(18)22-14-20(25)27)23-16-21(8-4-1-5-9-21)24-10-12-28-13-11-24/h2-3,6-7,14H,1,4-5,8-13,15-16H2,(H,23,26). The number of fused-ring (bicyclic) bond motifs is 1. The van der Waals surface area contributed by atoms with Gasteiger partial charge in [-0.3, -0.25) is 19.1 Å². The molecule has 1 N–H and O–H groups in total. The largest absolute Gasteiger partial charge is 0.379 e. The highest BCUT2D eigenvalue weighted by Crippen LogP contribution is 2.33. The monoisotopic (exact) mass is 384 g/mol. The highest BCUT2D eigenvalue weighted by Gasteiger charge is 2.38. The fraction of sp³-hybridized carbons (Fsp3) is 0.571. The second-order valence-electron chi connectivity index (χ2n) is 7.83. The first-order valence-electron chi connectivity index (χ1n) is 10.2. The van der Waals surface area contributed by atoms with Gasteiger partial charge in [0.1, 0.15) is 6.54 Å². The van der Waals surface area contributed by atoms with Gasteiger partial charge < -0.3 is 10.1 Å². The molecule has 1 aliphatic carbocycles. The number of morpholine rings is 1. The molecule has 4 rings (SSSR count). The van der Waals surface area contributed by atoms with E-state index in [1.165, 1.54) is 30.0 Å². The van der Waals surface area contributed by atoms with E-state index in [0.717, 1.165) is 39.1 Å². The average Bonchev–Trinajstić information content (AvgIpc) is 2.76. The summed E-state index contributed by atoms with van der Waals surface area (Å²) < 4.78 is 7.02. The minimum Gasteiger partial charge on any atom is -0.379 e. The van der Waals surface area contributed by atoms with Crippen LogP contribution in [0.5, 0.6) is 0 Å². The Morgan fingerprint density at radius 1 is 1.14 bits per heavy atom. The zero-order valence-electron chi connectivity index (χ0n) is 16.2. The van der Waals surface area contributed by atoms with Gasteiger partial charge >= 0.3 is 0 Å². The number of ether oxygens (including phenoxy) is 1. The second kappa shape index (κ2) is 8.41. The number of amides is 1. The molecule has 1 saturated carbocycles. The first-order chi connectivity index (χ1) is 13.7. The fourth-order valence-electron chi connectivity index (χ4n) is 4.59. The van der Waals surface area contributed by atoms with Crippen LogP contribution in [0.15, 0.2) is 35.3 Å². The van der Waals surface area contributed by atoms with Crippen molar-refractivity contribution in [3.8, 4) is 0 Å². The maximum atomic E-state index is 12.7. The summed E-state index contributed by atoms with van der Waals surface area (Å²) >= 11 is 0. The molecule has 0 spiro atoms. The SMILES string of the molecule is O=C(Cn1c(=O)cnc2ccccc21)NCC1(N2CCOCC2)CCCCC1. The van der Waals surface area contributed by atoms with E-state index in [1.54, 1.807) is 0 Å². The highest BCUT2D eigenvalue weighted by molar-refractivity contribution is 5.80. The molecule has 0 bridgehead atoms. The number of aromatic nitrogens is 2. The molecule has 1 saturated heterocycles. The summed E-state index contributed by atoms with van der Waals surface area (Å²) in [6.07, 6.45) is 7.14. The van der Waals surface area contributed by atoms with Crippen LogP contribution < -0.4 is 10.9 Å². The minimum atomic E-state index is -0.255. The van der Waals surface area contributed by atoms with Gasteiger partial charge in [-0.05, 0) is 25.0 Å². The van der Waals surface area contributed by atoms with Crippen molar-refractivity contribution in [3.05, 3.63) is 40.8 Å². The molecule has 7 nitrogen and oxygen atoms in total. The van der Waals surface area contributed by atoms with E-state index in [0.29, 0.717) is 17.6 Å². The molecule has 2 heterocycles. The predicted octanol–water partition coefficient (Wildman–Crippen LogP) is 1.55. The average molecular weight is 384 g/mol. The van der Waals surface area contributed by atoms with E-state index in [-0.39, 0.29) is 23.6 Å². The molecule has 0 unspecified atom stereocenters. The van der Waals surface area contributed by atoms with Crippen molar-refractivity contribution in [2.24, 2.45) is 0 Å². The molecule has 1 aromatic carbocycles. The summed E-state index contributed by atoms with van der Waals surface area (Å²) in [4.78, 5) is 31.7. The van der Waals surface area contributed by atoms with Crippen LogP contribution in [-0.4, -0.2) is 58.7 Å². The van der Waals surface area contributed by atoms with Crippen LogP contribution in [0, 0.1) is 0 Å². The summed E-state index contributed by atoms with van der Waals surface area (Å²) in [5.74, 6) is -0.128. The lowest BCUT2D eigenvalue weighted by atomic mass is 9.79. The number of para-hydroxylation sites is 2. The molecule has 1 amide bonds. The molecule has 2 fully saturated rings. The second-order valence-corrected chi connectivity index (χ2v) is 7.83. The zero-order chi connectivity index (χ0) is 19.4. The van der Waals surface area contributed by atoms with Crippen molar-refractivity contribution in [1.82, 2.24) is 19.8 Å². The van der Waals surface area contributed by atoms with Crippen LogP contribution in [0.2, 0.25) is 0 Å². The maximum absolute atomic E-state index is 12.7. The lowest BCUT2D eigenvalue weighted by molar-refractivity contribution is -0.123. The van der Waals surface area contributed by atoms with E-state index in [2.05, 4.69) is 15.2 Å². The van der Waals surface area contributed by atoms with Crippen molar-refractivity contribution >= 4 is 16.9 Å². The van der Waals surface area contributed by atoms with Gasteiger partial charge in [0.25, 0.3) is 5.56 Å². The first kappa shape index (κ1) is 19.1. The Kier molecular flexibility index (Phi) is 5.73. The van der Waals surface area contributed by atoms with Crippen molar-refractivity contribution in [2.75, 3.05) is 32.8 Å². The van der Waals surface area contributed by atoms with Crippen molar-refractivity contribution < 1.29 is 9.53 Å². The zero-order valence-corrected chi connectivity index (χ0v) is 16.2. The van der Waals surface area contributed by atoms with Gasteiger partial charge in [-0.25, -0.2) is 4.98 Å². The number of hydrogen-bond donors (Lipinski definition) is 1. The van der Waals surface area contributed by atoms with Crippen molar-refractivity contribution in [1.29, 1.82) is 0 Å². The topological polar surface area (TPSA) is 76.5 Å². The van der Waals surface area contributed by atoms with Crippen LogP contribution in [0.3, 0.4) is 0 Å². The molecular formula is C21H28N4O3. The summed E-state index contributed by atoms with van der Waals surface area (Å²) in [6.45, 7) is 4.00. The molecule has 2 aromatic rings. The Labute approximate surface area is 164 Å². The number of nitrogens with zero attached hydrogens (tertiary/aromatic N) is 3. The van der Waals surface area contributed by atoms with Gasteiger partial charge in [-0.1, -0.05) is 31.4 Å². The summed E-state index contributed by atoms with van der Waals surface area (Å²) in [5, 5.41) is 3.13. The molecular weight excluding hydrogens is 356 g/mol. The summed E-state index contributed by atoms with van der Waals surface area (Å²) in [7, 11) is 0. The number of hydrogen-bond acceptors (Lipinski definition) is 5. The fourth-order valence-corrected chi connectivity index (χ4v) is 4.59. The van der Waals surface area contributed by atoms with Crippen LogP contribution in [0.4, 0.5) is 0 Å². The van der Waals surface area contributed by atoms with Gasteiger partial charge in [0.05, 0.1) is 30.4 Å². The van der Waals surface area contributed by atoms with Crippen molar-refractivity contribution in [3.63, 3.8) is 0 Å². The summed E-state index contributed by atoms with van der Waals surface area (Å²) in [6, 6.07) is 7.40. The molecule has 1 aromatic heterocycles.